The molecule has 1 aliphatic carbocycles. The zero-order valence-corrected chi connectivity index (χ0v) is 9.65. The SMILES string of the molecule is COC1CC(N)(c2nc(C)c(C)s2)C1. The number of rotatable bonds is 2. The summed E-state index contributed by atoms with van der Waals surface area (Å²) < 4.78 is 5.24. The highest BCUT2D eigenvalue weighted by atomic mass is 32.1. The van der Waals surface area contributed by atoms with Gasteiger partial charge in [0.25, 0.3) is 0 Å². The van der Waals surface area contributed by atoms with E-state index in [1.807, 2.05) is 6.92 Å². The van der Waals surface area contributed by atoms with Gasteiger partial charge in [-0.3, -0.25) is 0 Å². The van der Waals surface area contributed by atoms with Gasteiger partial charge in [0, 0.05) is 12.0 Å². The fourth-order valence-corrected chi connectivity index (χ4v) is 2.82. The minimum Gasteiger partial charge on any atom is -0.381 e. The molecule has 0 unspecified atom stereocenters. The van der Waals surface area contributed by atoms with Crippen molar-refractivity contribution in [2.75, 3.05) is 7.11 Å². The number of nitrogens with zero attached hydrogens (tertiary/aromatic N) is 1. The maximum absolute atomic E-state index is 6.24. The lowest BCUT2D eigenvalue weighted by Gasteiger charge is -2.42. The van der Waals surface area contributed by atoms with Crippen LogP contribution in [-0.2, 0) is 10.3 Å². The third-order valence-corrected chi connectivity index (χ3v) is 4.26. The standard InChI is InChI=1S/C10H16N2OS/c1-6-7(2)14-9(12-6)10(11)4-8(5-10)13-3/h8H,4-5,11H2,1-3H3. The minimum atomic E-state index is -0.218. The molecule has 2 N–H and O–H groups in total. The van der Waals surface area contributed by atoms with Crippen molar-refractivity contribution in [2.45, 2.75) is 38.3 Å². The van der Waals surface area contributed by atoms with Crippen molar-refractivity contribution in [3.05, 3.63) is 15.6 Å². The Labute approximate surface area is 88.3 Å². The molecule has 1 aromatic heterocycles. The molecule has 3 nitrogen and oxygen atoms in total. The van der Waals surface area contributed by atoms with Crippen molar-refractivity contribution in [1.29, 1.82) is 0 Å². The van der Waals surface area contributed by atoms with E-state index in [0.29, 0.717) is 6.10 Å². The normalized spacial score (nSPS) is 31.6. The zero-order chi connectivity index (χ0) is 10.3. The second-order valence-electron chi connectivity index (χ2n) is 4.08. The van der Waals surface area contributed by atoms with E-state index in [1.54, 1.807) is 18.4 Å². The molecule has 0 spiro atoms. The molecule has 1 heterocycles. The molecule has 78 valence electrons. The summed E-state index contributed by atoms with van der Waals surface area (Å²) in [6.07, 6.45) is 2.12. The number of nitrogens with two attached hydrogens (primary N) is 1. The van der Waals surface area contributed by atoms with Crippen molar-refractivity contribution in [1.82, 2.24) is 4.98 Å². The topological polar surface area (TPSA) is 48.1 Å². The summed E-state index contributed by atoms with van der Waals surface area (Å²) in [5.41, 5.74) is 7.13. The number of aryl methyl sites for hydroxylation is 2. The molecule has 0 amide bonds. The Morgan fingerprint density at radius 1 is 1.50 bits per heavy atom. The molecular formula is C10H16N2OS. The molecule has 1 fully saturated rings. The number of thiazole rings is 1. The largest absolute Gasteiger partial charge is 0.381 e. The van der Waals surface area contributed by atoms with Gasteiger partial charge >= 0.3 is 0 Å². The summed E-state index contributed by atoms with van der Waals surface area (Å²) in [5, 5.41) is 1.07. The van der Waals surface area contributed by atoms with Crippen LogP contribution in [0.1, 0.15) is 28.4 Å². The minimum absolute atomic E-state index is 0.218. The summed E-state index contributed by atoms with van der Waals surface area (Å²) >= 11 is 1.72. The lowest BCUT2D eigenvalue weighted by molar-refractivity contribution is -0.0162. The number of methoxy groups -OCH3 is 1. The molecule has 0 radical (unpaired) electrons. The van der Waals surface area contributed by atoms with Gasteiger partial charge in [-0.1, -0.05) is 0 Å². The van der Waals surface area contributed by atoms with Crippen molar-refractivity contribution >= 4 is 11.3 Å². The zero-order valence-electron chi connectivity index (χ0n) is 8.83. The first-order valence-corrected chi connectivity index (χ1v) is 5.63. The molecule has 0 saturated heterocycles. The van der Waals surface area contributed by atoms with E-state index in [9.17, 15) is 0 Å². The summed E-state index contributed by atoms with van der Waals surface area (Å²) in [6, 6.07) is 0. The first kappa shape index (κ1) is 10.1. The van der Waals surface area contributed by atoms with Crippen LogP contribution in [-0.4, -0.2) is 18.2 Å². The molecule has 2 rings (SSSR count). The number of aromatic nitrogens is 1. The Balaban J connectivity index is 2.16. The molecule has 0 bridgehead atoms. The van der Waals surface area contributed by atoms with Crippen LogP contribution in [0.4, 0.5) is 0 Å². The fourth-order valence-electron chi connectivity index (χ4n) is 1.78. The molecule has 1 aromatic rings. The lowest BCUT2D eigenvalue weighted by atomic mass is 9.75. The van der Waals surface area contributed by atoms with Crippen LogP contribution in [0.3, 0.4) is 0 Å². The highest BCUT2D eigenvalue weighted by molar-refractivity contribution is 7.11. The number of hydrogen-bond donors (Lipinski definition) is 1. The highest BCUT2D eigenvalue weighted by Crippen LogP contribution is 2.42. The van der Waals surface area contributed by atoms with E-state index in [2.05, 4.69) is 11.9 Å². The van der Waals surface area contributed by atoms with Gasteiger partial charge in [-0.15, -0.1) is 11.3 Å². The van der Waals surface area contributed by atoms with Crippen molar-refractivity contribution < 1.29 is 4.74 Å². The van der Waals surface area contributed by atoms with Gasteiger partial charge in [0.05, 0.1) is 17.3 Å². The summed E-state index contributed by atoms with van der Waals surface area (Å²) in [5.74, 6) is 0. The van der Waals surface area contributed by atoms with Crippen molar-refractivity contribution in [3.63, 3.8) is 0 Å². The van der Waals surface area contributed by atoms with E-state index < -0.39 is 0 Å². The predicted octanol–water partition coefficient (Wildman–Crippen LogP) is 1.72. The van der Waals surface area contributed by atoms with Gasteiger partial charge in [-0.05, 0) is 26.7 Å². The Morgan fingerprint density at radius 2 is 2.14 bits per heavy atom. The van der Waals surface area contributed by atoms with Crippen LogP contribution in [0, 0.1) is 13.8 Å². The van der Waals surface area contributed by atoms with E-state index in [1.165, 1.54) is 4.88 Å². The second-order valence-corrected chi connectivity index (χ2v) is 5.29. The summed E-state index contributed by atoms with van der Waals surface area (Å²) in [7, 11) is 1.74. The van der Waals surface area contributed by atoms with E-state index in [-0.39, 0.29) is 5.54 Å². The molecule has 4 heteroatoms. The molecule has 1 aliphatic rings. The maximum Gasteiger partial charge on any atom is 0.113 e. The summed E-state index contributed by atoms with van der Waals surface area (Å²) in [6.45, 7) is 4.12. The van der Waals surface area contributed by atoms with Crippen LogP contribution in [0.15, 0.2) is 0 Å². The van der Waals surface area contributed by atoms with Crippen molar-refractivity contribution in [3.8, 4) is 0 Å². The quantitative estimate of drug-likeness (QED) is 0.812. The Bertz CT molecular complexity index is 322. The third-order valence-electron chi connectivity index (χ3n) is 2.97. The van der Waals surface area contributed by atoms with Gasteiger partial charge < -0.3 is 10.5 Å². The van der Waals surface area contributed by atoms with Gasteiger partial charge in [-0.25, -0.2) is 4.98 Å². The second kappa shape index (κ2) is 3.29. The Morgan fingerprint density at radius 3 is 2.57 bits per heavy atom. The molecular weight excluding hydrogens is 196 g/mol. The summed E-state index contributed by atoms with van der Waals surface area (Å²) in [4.78, 5) is 5.78. The van der Waals surface area contributed by atoms with Crippen LogP contribution < -0.4 is 5.73 Å². The number of hydrogen-bond acceptors (Lipinski definition) is 4. The first-order chi connectivity index (χ1) is 6.55. The van der Waals surface area contributed by atoms with E-state index in [4.69, 9.17) is 10.5 Å². The number of ether oxygens (including phenoxy) is 1. The lowest BCUT2D eigenvalue weighted by Crippen LogP contribution is -2.52. The Kier molecular flexibility index (Phi) is 2.37. The van der Waals surface area contributed by atoms with Crippen LogP contribution in [0.25, 0.3) is 0 Å². The van der Waals surface area contributed by atoms with Gasteiger partial charge in [-0.2, -0.15) is 0 Å². The van der Waals surface area contributed by atoms with Gasteiger partial charge in [0.15, 0.2) is 0 Å². The van der Waals surface area contributed by atoms with Crippen molar-refractivity contribution in [2.24, 2.45) is 5.73 Å². The van der Waals surface area contributed by atoms with Crippen LogP contribution in [0.2, 0.25) is 0 Å². The third kappa shape index (κ3) is 1.47. The monoisotopic (exact) mass is 212 g/mol. The van der Waals surface area contributed by atoms with Gasteiger partial charge in [0.2, 0.25) is 0 Å². The highest BCUT2D eigenvalue weighted by Gasteiger charge is 2.44. The van der Waals surface area contributed by atoms with Gasteiger partial charge in [0.1, 0.15) is 5.01 Å². The van der Waals surface area contributed by atoms with Crippen LogP contribution in [0.5, 0.6) is 0 Å². The average molecular weight is 212 g/mol. The predicted molar refractivity (Wildman–Crippen MR) is 57.5 cm³/mol. The Hall–Kier alpha value is -0.450. The average Bonchev–Trinajstić information content (AvgIpc) is 2.42. The maximum atomic E-state index is 6.24. The molecule has 14 heavy (non-hydrogen) atoms. The molecule has 0 aromatic carbocycles. The van der Waals surface area contributed by atoms with Crippen LogP contribution >= 0.6 is 11.3 Å². The molecule has 0 aliphatic heterocycles. The van der Waals surface area contributed by atoms with E-state index >= 15 is 0 Å². The fraction of sp³-hybridized carbons (Fsp3) is 0.700. The molecule has 0 atom stereocenters. The first-order valence-electron chi connectivity index (χ1n) is 4.81. The molecule has 1 saturated carbocycles. The van der Waals surface area contributed by atoms with E-state index in [0.717, 1.165) is 23.5 Å². The smallest absolute Gasteiger partial charge is 0.113 e.